The molecule has 0 N–H and O–H groups in total. The van der Waals surface area contributed by atoms with E-state index in [4.69, 9.17) is 0 Å². The van der Waals surface area contributed by atoms with E-state index in [0.29, 0.717) is 6.92 Å². The molecule has 0 aromatic heterocycles. The number of carbonyl (C=O) groups is 1. The Morgan fingerprint density at radius 2 is 1.44 bits per heavy atom. The Morgan fingerprint density at radius 1 is 1.06 bits per heavy atom. The number of hydrogen-bond acceptors (Lipinski definition) is 2. The van der Waals surface area contributed by atoms with Gasteiger partial charge in [0.05, 0.1) is 6.10 Å². The third kappa shape index (κ3) is 2.89. The lowest BCUT2D eigenvalue weighted by atomic mass is 9.83. The lowest BCUT2D eigenvalue weighted by Crippen LogP contribution is -2.56. The summed E-state index contributed by atoms with van der Waals surface area (Å²) < 4.78 is 80.2. The minimum absolute atomic E-state index is 0.126. The Hall–Kier alpha value is -0.950. The van der Waals surface area contributed by atoms with Gasteiger partial charge < -0.3 is 4.74 Å². The Balaban J connectivity index is 5.55. The molecule has 0 unspecified atom stereocenters. The molecule has 0 saturated heterocycles. The van der Waals surface area contributed by atoms with Crippen LogP contribution < -0.4 is 0 Å². The zero-order valence-corrected chi connectivity index (χ0v) is 10.1. The normalized spacial score (nSPS) is 15.4. The molecule has 0 fully saturated rings. The Morgan fingerprint density at radius 3 is 1.67 bits per heavy atom. The molecule has 0 aliphatic heterocycles. The van der Waals surface area contributed by atoms with Crippen molar-refractivity contribution in [1.82, 2.24) is 0 Å². The topological polar surface area (TPSA) is 26.3 Å². The number of ether oxygens (including phenoxy) is 1. The first kappa shape index (κ1) is 17.1. The Kier molecular flexibility index (Phi) is 5.07. The smallest absolute Gasteiger partial charge is 0.413 e. The predicted octanol–water partition coefficient (Wildman–Crippen LogP) is 3.85. The van der Waals surface area contributed by atoms with Crippen LogP contribution in [0.2, 0.25) is 0 Å². The van der Waals surface area contributed by atoms with Crippen molar-refractivity contribution in [2.75, 3.05) is 0 Å². The third-order valence-corrected chi connectivity index (χ3v) is 2.73. The second kappa shape index (κ2) is 5.36. The summed E-state index contributed by atoms with van der Waals surface area (Å²) in [6.45, 7) is 3.36. The van der Waals surface area contributed by atoms with Crippen LogP contribution in [0.4, 0.5) is 26.3 Å². The van der Waals surface area contributed by atoms with Crippen LogP contribution in [-0.4, -0.2) is 24.4 Å². The summed E-state index contributed by atoms with van der Waals surface area (Å²) in [4.78, 5) is 11.3. The van der Waals surface area contributed by atoms with E-state index in [9.17, 15) is 31.1 Å². The zero-order chi connectivity index (χ0) is 14.8. The minimum atomic E-state index is -5.75. The second-order valence-electron chi connectivity index (χ2n) is 3.88. The third-order valence-electron chi connectivity index (χ3n) is 2.73. The van der Waals surface area contributed by atoms with Crippen LogP contribution in [0, 0.1) is 5.41 Å². The molecule has 0 aliphatic carbocycles. The van der Waals surface area contributed by atoms with Gasteiger partial charge in [0.2, 0.25) is 0 Å². The van der Waals surface area contributed by atoms with E-state index in [1.54, 1.807) is 0 Å². The second-order valence-corrected chi connectivity index (χ2v) is 3.88. The van der Waals surface area contributed by atoms with Crippen LogP contribution in [0.1, 0.15) is 33.6 Å². The van der Waals surface area contributed by atoms with Gasteiger partial charge in [-0.25, -0.2) is 0 Å². The highest BCUT2D eigenvalue weighted by Gasteiger charge is 2.75. The van der Waals surface area contributed by atoms with Crippen molar-refractivity contribution >= 4 is 5.97 Å². The van der Waals surface area contributed by atoms with Crippen molar-refractivity contribution in [1.29, 1.82) is 0 Å². The highest BCUT2D eigenvalue weighted by atomic mass is 19.4. The number of esters is 1. The van der Waals surface area contributed by atoms with Gasteiger partial charge in [-0.3, -0.25) is 4.79 Å². The fourth-order valence-electron chi connectivity index (χ4n) is 1.30. The standard InChI is InChI=1S/C10H14F6O2/c1-4-6(3)18-7(17)8(5-2,9(11,12)13)10(14,15)16/h6H,4-5H2,1-3H3/t6-/m1/s1. The molecule has 1 atom stereocenters. The zero-order valence-electron chi connectivity index (χ0n) is 10.1. The van der Waals surface area contributed by atoms with Crippen molar-refractivity contribution in [2.24, 2.45) is 5.41 Å². The summed E-state index contributed by atoms with van der Waals surface area (Å²) >= 11 is 0. The van der Waals surface area contributed by atoms with Crippen LogP contribution in [0.5, 0.6) is 0 Å². The van der Waals surface area contributed by atoms with Crippen LogP contribution in [0.3, 0.4) is 0 Å². The first-order chi connectivity index (χ1) is 7.94. The summed E-state index contributed by atoms with van der Waals surface area (Å²) in [5, 5.41) is 0. The van der Waals surface area contributed by atoms with E-state index in [1.165, 1.54) is 13.8 Å². The van der Waals surface area contributed by atoms with Crippen molar-refractivity contribution < 1.29 is 35.9 Å². The Bertz CT molecular complexity index is 280. The van der Waals surface area contributed by atoms with Gasteiger partial charge >= 0.3 is 18.3 Å². The first-order valence-electron chi connectivity index (χ1n) is 5.28. The summed E-state index contributed by atoms with van der Waals surface area (Å²) in [6, 6.07) is 0. The molecule has 0 aliphatic rings. The summed E-state index contributed by atoms with van der Waals surface area (Å²) in [5.41, 5.74) is -4.45. The SMILES string of the molecule is CC[C@@H](C)OC(=O)C(CC)(C(F)(F)F)C(F)(F)F. The van der Waals surface area contributed by atoms with Gasteiger partial charge in [-0.05, 0) is 19.8 Å². The van der Waals surface area contributed by atoms with Gasteiger partial charge in [-0.15, -0.1) is 0 Å². The van der Waals surface area contributed by atoms with Crippen molar-refractivity contribution in [2.45, 2.75) is 52.1 Å². The van der Waals surface area contributed by atoms with Crippen LogP contribution in [0.25, 0.3) is 0 Å². The molecule has 0 bridgehead atoms. The maximum atomic E-state index is 12.7. The lowest BCUT2D eigenvalue weighted by Gasteiger charge is -2.34. The van der Waals surface area contributed by atoms with Gasteiger partial charge in [0.15, 0.2) is 0 Å². The van der Waals surface area contributed by atoms with Gasteiger partial charge in [0.1, 0.15) is 0 Å². The average Bonchev–Trinajstić information content (AvgIpc) is 2.14. The number of halogens is 6. The molecular formula is C10H14F6O2. The maximum Gasteiger partial charge on any atom is 0.413 e. The highest BCUT2D eigenvalue weighted by molar-refractivity contribution is 5.79. The molecule has 0 aromatic rings. The summed E-state index contributed by atoms with van der Waals surface area (Å²) in [6.07, 6.45) is -13.8. The van der Waals surface area contributed by atoms with E-state index in [-0.39, 0.29) is 6.42 Å². The number of rotatable bonds is 4. The van der Waals surface area contributed by atoms with E-state index >= 15 is 0 Å². The fourth-order valence-corrected chi connectivity index (χ4v) is 1.30. The minimum Gasteiger partial charge on any atom is -0.462 e. The molecule has 0 aromatic carbocycles. The maximum absolute atomic E-state index is 12.7. The van der Waals surface area contributed by atoms with E-state index in [1.807, 2.05) is 0 Å². The van der Waals surface area contributed by atoms with Crippen molar-refractivity contribution in [3.05, 3.63) is 0 Å². The fraction of sp³-hybridized carbons (Fsp3) is 0.900. The summed E-state index contributed by atoms with van der Waals surface area (Å²) in [5.74, 6) is -2.29. The van der Waals surface area contributed by atoms with Gasteiger partial charge in [0, 0.05) is 0 Å². The molecule has 2 nitrogen and oxygen atoms in total. The van der Waals surface area contributed by atoms with Crippen LogP contribution in [0.15, 0.2) is 0 Å². The number of alkyl halides is 6. The van der Waals surface area contributed by atoms with E-state index in [2.05, 4.69) is 4.74 Å². The number of hydrogen-bond donors (Lipinski definition) is 0. The molecule has 0 amide bonds. The molecule has 0 spiro atoms. The average molecular weight is 280 g/mol. The van der Waals surface area contributed by atoms with Crippen molar-refractivity contribution in [3.8, 4) is 0 Å². The van der Waals surface area contributed by atoms with Crippen molar-refractivity contribution in [3.63, 3.8) is 0 Å². The molecule has 0 radical (unpaired) electrons. The number of carbonyl (C=O) groups excluding carboxylic acids is 1. The lowest BCUT2D eigenvalue weighted by molar-refractivity contribution is -0.334. The quantitative estimate of drug-likeness (QED) is 0.577. The molecule has 18 heavy (non-hydrogen) atoms. The monoisotopic (exact) mass is 280 g/mol. The van der Waals surface area contributed by atoms with E-state index in [0.717, 1.165) is 0 Å². The van der Waals surface area contributed by atoms with Gasteiger partial charge in [-0.2, -0.15) is 26.3 Å². The molecule has 108 valence electrons. The van der Waals surface area contributed by atoms with Gasteiger partial charge in [-0.1, -0.05) is 13.8 Å². The first-order valence-corrected chi connectivity index (χ1v) is 5.28. The molecule has 0 saturated carbocycles. The Labute approximate surface area is 100 Å². The van der Waals surface area contributed by atoms with Crippen LogP contribution in [-0.2, 0) is 9.53 Å². The molecular weight excluding hydrogens is 266 g/mol. The van der Waals surface area contributed by atoms with Crippen LogP contribution >= 0.6 is 0 Å². The highest BCUT2D eigenvalue weighted by Crippen LogP contribution is 2.53. The molecule has 0 rings (SSSR count). The molecule has 8 heteroatoms. The molecule has 0 heterocycles. The van der Waals surface area contributed by atoms with Gasteiger partial charge in [0.25, 0.3) is 5.41 Å². The summed E-state index contributed by atoms with van der Waals surface area (Å²) in [7, 11) is 0. The largest absolute Gasteiger partial charge is 0.462 e. The van der Waals surface area contributed by atoms with E-state index < -0.39 is 36.3 Å². The predicted molar refractivity (Wildman–Crippen MR) is 50.7 cm³/mol.